The van der Waals surface area contributed by atoms with E-state index in [0.717, 1.165) is 0 Å². The monoisotopic (exact) mass is 399 g/mol. The van der Waals surface area contributed by atoms with E-state index in [1.165, 1.54) is 6.20 Å². The second-order valence-corrected chi connectivity index (χ2v) is 8.05. The van der Waals surface area contributed by atoms with Gasteiger partial charge in [-0.15, -0.1) is 0 Å². The molecule has 2 amide bonds. The molecule has 9 nitrogen and oxygen atoms in total. The highest BCUT2D eigenvalue weighted by Crippen LogP contribution is 2.39. The lowest BCUT2D eigenvalue weighted by Crippen LogP contribution is -2.64. The Bertz CT molecular complexity index is 860. The van der Waals surface area contributed by atoms with Crippen molar-refractivity contribution >= 4 is 11.8 Å². The van der Waals surface area contributed by atoms with Crippen LogP contribution < -0.4 is 5.32 Å². The van der Waals surface area contributed by atoms with E-state index < -0.39 is 17.2 Å². The van der Waals surface area contributed by atoms with Gasteiger partial charge in [0.1, 0.15) is 5.69 Å². The van der Waals surface area contributed by atoms with Crippen molar-refractivity contribution in [2.24, 2.45) is 0 Å². The number of pyridine rings is 1. The average molecular weight is 399 g/mol. The van der Waals surface area contributed by atoms with E-state index in [-0.39, 0.29) is 18.4 Å². The molecule has 0 aromatic carbocycles. The minimum atomic E-state index is -1.13. The number of aromatic amines is 1. The molecular formula is C20H25N5O4. The molecule has 0 radical (unpaired) electrons. The Balaban J connectivity index is 1.37. The zero-order valence-electron chi connectivity index (χ0n) is 16.3. The average Bonchev–Trinajstić information content (AvgIpc) is 3.25. The molecule has 2 aliphatic heterocycles. The molecule has 0 unspecified atom stereocenters. The number of nitrogens with one attached hydrogen (secondary N) is 2. The molecule has 2 saturated heterocycles. The van der Waals surface area contributed by atoms with Crippen LogP contribution in [-0.4, -0.2) is 73.9 Å². The molecule has 0 saturated carbocycles. The molecule has 2 fully saturated rings. The first-order chi connectivity index (χ1) is 13.9. The van der Waals surface area contributed by atoms with Crippen molar-refractivity contribution in [2.75, 3.05) is 19.7 Å². The van der Waals surface area contributed by atoms with E-state index >= 15 is 0 Å². The van der Waals surface area contributed by atoms with Crippen molar-refractivity contribution in [3.8, 4) is 0 Å². The summed E-state index contributed by atoms with van der Waals surface area (Å²) in [5, 5.41) is 20.4. The molecule has 2 aliphatic rings. The van der Waals surface area contributed by atoms with Crippen molar-refractivity contribution in [3.63, 3.8) is 0 Å². The van der Waals surface area contributed by atoms with Gasteiger partial charge in [-0.3, -0.25) is 19.7 Å². The van der Waals surface area contributed by atoms with Crippen LogP contribution in [0.1, 0.15) is 47.0 Å². The summed E-state index contributed by atoms with van der Waals surface area (Å²) in [6.07, 6.45) is 6.31. The second kappa shape index (κ2) is 7.57. The molecule has 4 rings (SSSR count). The van der Waals surface area contributed by atoms with Gasteiger partial charge >= 0.3 is 0 Å². The van der Waals surface area contributed by atoms with E-state index in [9.17, 15) is 14.7 Å². The summed E-state index contributed by atoms with van der Waals surface area (Å²) in [4.78, 5) is 30.7. The lowest BCUT2D eigenvalue weighted by atomic mass is 9.75. The Labute approximate surface area is 168 Å². The number of rotatable bonds is 3. The van der Waals surface area contributed by atoms with Gasteiger partial charge in [-0.2, -0.15) is 5.10 Å². The number of piperidine rings is 1. The van der Waals surface area contributed by atoms with Crippen LogP contribution in [0.15, 0.2) is 36.8 Å². The van der Waals surface area contributed by atoms with Gasteiger partial charge in [0.25, 0.3) is 11.8 Å². The summed E-state index contributed by atoms with van der Waals surface area (Å²) in [6, 6.07) is 4.57. The van der Waals surface area contributed by atoms with Crippen LogP contribution in [-0.2, 0) is 4.74 Å². The normalized spacial score (nSPS) is 26.3. The van der Waals surface area contributed by atoms with E-state index in [4.69, 9.17) is 4.74 Å². The SMILES string of the molecule is C[C@]1(O)CC2(CCN(C(=O)c3cn[nH]c3)CC2)OC[C@@H]1NC(=O)c1ccccn1. The summed E-state index contributed by atoms with van der Waals surface area (Å²) in [5.74, 6) is -0.396. The van der Waals surface area contributed by atoms with Crippen molar-refractivity contribution in [3.05, 3.63) is 48.0 Å². The first-order valence-corrected chi connectivity index (χ1v) is 9.75. The van der Waals surface area contributed by atoms with Crippen LogP contribution in [0.2, 0.25) is 0 Å². The third kappa shape index (κ3) is 4.01. The predicted molar refractivity (Wildman–Crippen MR) is 103 cm³/mol. The van der Waals surface area contributed by atoms with Crippen molar-refractivity contribution in [2.45, 2.75) is 43.4 Å². The fraction of sp³-hybridized carbons (Fsp3) is 0.500. The topological polar surface area (TPSA) is 120 Å². The van der Waals surface area contributed by atoms with Gasteiger partial charge in [0.15, 0.2) is 0 Å². The van der Waals surface area contributed by atoms with Crippen LogP contribution in [0.5, 0.6) is 0 Å². The standard InChI is InChI=1S/C20H25N5O4/c1-19(28)13-20(5-8-25(9-6-20)18(27)14-10-22-23-11-14)29-12-16(19)24-17(26)15-4-2-3-7-21-15/h2-4,7,10-11,16,28H,5-6,8-9,12-13H2,1H3,(H,22,23)(H,24,26)/t16-,19-/m0/s1. The molecule has 0 aliphatic carbocycles. The molecule has 3 N–H and O–H groups in total. The summed E-state index contributed by atoms with van der Waals surface area (Å²) in [7, 11) is 0. The highest BCUT2D eigenvalue weighted by atomic mass is 16.5. The number of likely N-dealkylation sites (tertiary alicyclic amines) is 1. The maximum absolute atomic E-state index is 12.5. The molecule has 29 heavy (non-hydrogen) atoms. The van der Waals surface area contributed by atoms with Crippen LogP contribution >= 0.6 is 0 Å². The largest absolute Gasteiger partial charge is 0.388 e. The zero-order chi connectivity index (χ0) is 20.5. The molecule has 0 bridgehead atoms. The smallest absolute Gasteiger partial charge is 0.270 e. The second-order valence-electron chi connectivity index (χ2n) is 8.05. The fourth-order valence-electron chi connectivity index (χ4n) is 4.18. The van der Waals surface area contributed by atoms with Crippen molar-refractivity contribution in [1.29, 1.82) is 0 Å². The Morgan fingerprint density at radius 1 is 1.34 bits per heavy atom. The van der Waals surface area contributed by atoms with E-state index in [1.807, 2.05) is 0 Å². The summed E-state index contributed by atoms with van der Waals surface area (Å²) in [5.41, 5.74) is -0.785. The summed E-state index contributed by atoms with van der Waals surface area (Å²) >= 11 is 0. The van der Waals surface area contributed by atoms with Gasteiger partial charge in [-0.25, -0.2) is 0 Å². The van der Waals surface area contributed by atoms with Gasteiger partial charge in [0.2, 0.25) is 0 Å². The number of ether oxygens (including phenoxy) is 1. The van der Waals surface area contributed by atoms with Crippen LogP contribution in [0, 0.1) is 0 Å². The third-order valence-electron chi connectivity index (χ3n) is 5.90. The zero-order valence-corrected chi connectivity index (χ0v) is 16.3. The first-order valence-electron chi connectivity index (χ1n) is 9.75. The number of carbonyl (C=O) groups is 2. The Morgan fingerprint density at radius 3 is 2.76 bits per heavy atom. The minimum absolute atomic E-state index is 0.0586. The number of aromatic nitrogens is 3. The molecule has 4 heterocycles. The maximum atomic E-state index is 12.5. The van der Waals surface area contributed by atoms with E-state index in [1.54, 1.807) is 42.4 Å². The van der Waals surface area contributed by atoms with Crippen LogP contribution in [0.25, 0.3) is 0 Å². The quantitative estimate of drug-likeness (QED) is 0.700. The fourth-order valence-corrected chi connectivity index (χ4v) is 4.18. The van der Waals surface area contributed by atoms with Crippen molar-refractivity contribution in [1.82, 2.24) is 25.4 Å². The maximum Gasteiger partial charge on any atom is 0.270 e. The Morgan fingerprint density at radius 2 is 2.14 bits per heavy atom. The number of nitrogens with zero attached hydrogens (tertiary/aromatic N) is 3. The number of aliphatic hydroxyl groups is 1. The van der Waals surface area contributed by atoms with Crippen molar-refractivity contribution < 1.29 is 19.4 Å². The van der Waals surface area contributed by atoms with Gasteiger partial charge in [0, 0.05) is 31.9 Å². The summed E-state index contributed by atoms with van der Waals surface area (Å²) in [6.45, 7) is 3.03. The number of carbonyl (C=O) groups excluding carboxylic acids is 2. The van der Waals surface area contributed by atoms with E-state index in [2.05, 4.69) is 20.5 Å². The number of hydrogen-bond acceptors (Lipinski definition) is 6. The van der Waals surface area contributed by atoms with Gasteiger partial charge in [-0.05, 0) is 31.9 Å². The Hall–Kier alpha value is -2.78. The van der Waals surface area contributed by atoms with Gasteiger partial charge < -0.3 is 20.1 Å². The van der Waals surface area contributed by atoms with E-state index in [0.29, 0.717) is 43.6 Å². The first kappa shape index (κ1) is 19.5. The number of H-pyrrole nitrogens is 1. The van der Waals surface area contributed by atoms with Crippen LogP contribution in [0.4, 0.5) is 0 Å². The van der Waals surface area contributed by atoms with Gasteiger partial charge in [-0.1, -0.05) is 6.07 Å². The molecule has 9 heteroatoms. The molecular weight excluding hydrogens is 374 g/mol. The molecule has 1 spiro atoms. The summed E-state index contributed by atoms with van der Waals surface area (Å²) < 4.78 is 6.16. The highest BCUT2D eigenvalue weighted by Gasteiger charge is 2.50. The predicted octanol–water partition coefficient (Wildman–Crippen LogP) is 0.749. The number of hydrogen-bond donors (Lipinski definition) is 3. The molecule has 154 valence electrons. The van der Waals surface area contributed by atoms with Crippen LogP contribution in [0.3, 0.4) is 0 Å². The lowest BCUT2D eigenvalue weighted by Gasteiger charge is -2.51. The molecule has 2 aromatic heterocycles. The van der Waals surface area contributed by atoms with Gasteiger partial charge in [0.05, 0.1) is 35.6 Å². The minimum Gasteiger partial charge on any atom is -0.388 e. The Kier molecular flexibility index (Phi) is 5.10. The third-order valence-corrected chi connectivity index (χ3v) is 5.90. The lowest BCUT2D eigenvalue weighted by molar-refractivity contribution is -0.183. The highest BCUT2D eigenvalue weighted by molar-refractivity contribution is 5.93. The number of amides is 2. The molecule has 2 aromatic rings. The molecule has 2 atom stereocenters.